The third-order valence-corrected chi connectivity index (χ3v) is 4.88. The first-order chi connectivity index (χ1) is 15.5. The molecule has 0 aliphatic heterocycles. The number of hydrogen-bond acceptors (Lipinski definition) is 6. The van der Waals surface area contributed by atoms with Crippen molar-refractivity contribution in [3.8, 4) is 0 Å². The third kappa shape index (κ3) is 6.97. The Morgan fingerprint density at radius 1 is 0.970 bits per heavy atom. The number of amides is 1. The molecule has 33 heavy (non-hydrogen) atoms. The van der Waals surface area contributed by atoms with Crippen LogP contribution in [-0.2, 0) is 16.1 Å². The SMILES string of the molecule is CC(C)(C)CC(C)(C)NC(=O)C(OC(=O)c1ccccc1)c1nnnn1Cc1ccccc1. The van der Waals surface area contributed by atoms with Crippen LogP contribution in [0.3, 0.4) is 0 Å². The average molecular weight is 450 g/mol. The Bertz CT molecular complexity index is 1070. The largest absolute Gasteiger partial charge is 0.440 e. The maximum atomic E-state index is 13.4. The van der Waals surface area contributed by atoms with Crippen molar-refractivity contribution < 1.29 is 14.3 Å². The highest BCUT2D eigenvalue weighted by Crippen LogP contribution is 2.28. The van der Waals surface area contributed by atoms with Gasteiger partial charge in [-0.25, -0.2) is 9.48 Å². The maximum absolute atomic E-state index is 13.4. The van der Waals surface area contributed by atoms with Crippen molar-refractivity contribution in [1.82, 2.24) is 25.5 Å². The number of ether oxygens (including phenoxy) is 1. The summed E-state index contributed by atoms with van der Waals surface area (Å²) in [6, 6.07) is 18.1. The molecule has 1 heterocycles. The molecule has 1 unspecified atom stereocenters. The lowest BCUT2D eigenvalue weighted by molar-refractivity contribution is -0.132. The molecule has 1 amide bonds. The van der Waals surface area contributed by atoms with Gasteiger partial charge in [0, 0.05) is 5.54 Å². The number of carbonyl (C=O) groups excluding carboxylic acids is 2. The molecule has 174 valence electrons. The van der Waals surface area contributed by atoms with Gasteiger partial charge >= 0.3 is 5.97 Å². The molecular weight excluding hydrogens is 418 g/mol. The van der Waals surface area contributed by atoms with E-state index in [1.165, 1.54) is 4.68 Å². The summed E-state index contributed by atoms with van der Waals surface area (Å²) in [5, 5.41) is 14.9. The van der Waals surface area contributed by atoms with E-state index >= 15 is 0 Å². The van der Waals surface area contributed by atoms with E-state index in [0.29, 0.717) is 12.1 Å². The molecule has 8 nitrogen and oxygen atoms in total. The molecule has 3 rings (SSSR count). The summed E-state index contributed by atoms with van der Waals surface area (Å²) < 4.78 is 7.16. The molecule has 0 aliphatic carbocycles. The number of tetrazole rings is 1. The summed E-state index contributed by atoms with van der Waals surface area (Å²) in [5.74, 6) is -0.941. The standard InChI is InChI=1S/C25H31N5O3/c1-24(2,3)17-25(4,5)26-22(31)20(33-23(32)19-14-10-7-11-15-19)21-27-28-29-30(21)16-18-12-8-6-9-13-18/h6-15,20H,16-17H2,1-5H3,(H,26,31). The third-order valence-electron chi connectivity index (χ3n) is 4.88. The zero-order chi connectivity index (χ0) is 24.1. The van der Waals surface area contributed by atoms with E-state index in [2.05, 4.69) is 41.6 Å². The number of hydrogen-bond donors (Lipinski definition) is 1. The first-order valence-corrected chi connectivity index (χ1v) is 10.9. The average Bonchev–Trinajstić information content (AvgIpc) is 3.18. The molecule has 0 radical (unpaired) electrons. The molecule has 0 bridgehead atoms. The molecule has 0 saturated carbocycles. The van der Waals surface area contributed by atoms with Crippen LogP contribution in [0.4, 0.5) is 0 Å². The Morgan fingerprint density at radius 2 is 1.58 bits per heavy atom. The highest BCUT2D eigenvalue weighted by atomic mass is 16.5. The van der Waals surface area contributed by atoms with Gasteiger partial charge in [-0.15, -0.1) is 5.10 Å². The first-order valence-electron chi connectivity index (χ1n) is 10.9. The number of nitrogens with zero attached hydrogens (tertiary/aromatic N) is 4. The predicted octanol–water partition coefficient (Wildman–Crippen LogP) is 3.95. The topological polar surface area (TPSA) is 99.0 Å². The van der Waals surface area contributed by atoms with E-state index in [9.17, 15) is 9.59 Å². The molecule has 0 spiro atoms. The van der Waals surface area contributed by atoms with Gasteiger partial charge in [0.2, 0.25) is 11.9 Å². The monoisotopic (exact) mass is 449 g/mol. The zero-order valence-corrected chi connectivity index (χ0v) is 19.8. The van der Waals surface area contributed by atoms with Crippen LogP contribution in [0.1, 0.15) is 68.9 Å². The minimum absolute atomic E-state index is 0.0120. The minimum Gasteiger partial charge on any atom is -0.440 e. The van der Waals surface area contributed by atoms with Gasteiger partial charge in [0.05, 0.1) is 12.1 Å². The van der Waals surface area contributed by atoms with Crippen LogP contribution in [0.2, 0.25) is 0 Å². The van der Waals surface area contributed by atoms with Crippen molar-refractivity contribution >= 4 is 11.9 Å². The van der Waals surface area contributed by atoms with E-state index in [1.54, 1.807) is 30.3 Å². The van der Waals surface area contributed by atoms with Crippen LogP contribution in [0.15, 0.2) is 60.7 Å². The molecule has 1 N–H and O–H groups in total. The number of benzene rings is 2. The summed E-state index contributed by atoms with van der Waals surface area (Å²) in [7, 11) is 0. The van der Waals surface area contributed by atoms with Crippen molar-refractivity contribution in [2.24, 2.45) is 5.41 Å². The summed E-state index contributed by atoms with van der Waals surface area (Å²) in [6.45, 7) is 10.5. The van der Waals surface area contributed by atoms with Crippen molar-refractivity contribution in [3.05, 3.63) is 77.6 Å². The molecule has 1 aromatic heterocycles. The Morgan fingerprint density at radius 3 is 2.18 bits per heavy atom. The van der Waals surface area contributed by atoms with Gasteiger partial charge in [0.15, 0.2) is 0 Å². The maximum Gasteiger partial charge on any atom is 0.339 e. The van der Waals surface area contributed by atoms with Crippen LogP contribution in [-0.4, -0.2) is 37.6 Å². The second-order valence-electron chi connectivity index (χ2n) is 9.94. The zero-order valence-electron chi connectivity index (χ0n) is 19.8. The van der Waals surface area contributed by atoms with Gasteiger partial charge in [-0.05, 0) is 53.8 Å². The first kappa shape index (κ1) is 24.1. The molecule has 0 aliphatic rings. The predicted molar refractivity (Wildman–Crippen MR) is 124 cm³/mol. The van der Waals surface area contributed by atoms with E-state index < -0.39 is 23.5 Å². The molecule has 8 heteroatoms. The summed E-state index contributed by atoms with van der Waals surface area (Å²) >= 11 is 0. The van der Waals surface area contributed by atoms with E-state index in [0.717, 1.165) is 12.0 Å². The van der Waals surface area contributed by atoms with Crippen LogP contribution in [0.5, 0.6) is 0 Å². The van der Waals surface area contributed by atoms with E-state index in [-0.39, 0.29) is 11.2 Å². The second kappa shape index (κ2) is 9.94. The molecule has 3 aromatic rings. The minimum atomic E-state index is -1.31. The van der Waals surface area contributed by atoms with Gasteiger partial charge in [0.25, 0.3) is 5.91 Å². The summed E-state index contributed by atoms with van der Waals surface area (Å²) in [4.78, 5) is 26.3. The summed E-state index contributed by atoms with van der Waals surface area (Å²) in [5.41, 5.74) is 0.741. The van der Waals surface area contributed by atoms with Crippen molar-refractivity contribution in [2.75, 3.05) is 0 Å². The van der Waals surface area contributed by atoms with Gasteiger partial charge in [0.1, 0.15) is 0 Å². The van der Waals surface area contributed by atoms with Crippen LogP contribution in [0, 0.1) is 5.41 Å². The normalized spacial score (nSPS) is 12.8. The lowest BCUT2D eigenvalue weighted by atomic mass is 9.81. The van der Waals surface area contributed by atoms with Crippen molar-refractivity contribution in [1.29, 1.82) is 0 Å². The molecular formula is C25H31N5O3. The van der Waals surface area contributed by atoms with Gasteiger partial charge in [-0.2, -0.15) is 0 Å². The molecule has 0 saturated heterocycles. The Hall–Kier alpha value is -3.55. The highest BCUT2D eigenvalue weighted by molar-refractivity contribution is 5.92. The smallest absolute Gasteiger partial charge is 0.339 e. The number of nitrogens with one attached hydrogen (secondary N) is 1. The van der Waals surface area contributed by atoms with Crippen molar-refractivity contribution in [3.63, 3.8) is 0 Å². The lowest BCUT2D eigenvalue weighted by Gasteiger charge is -2.34. The fraction of sp³-hybridized carbons (Fsp3) is 0.400. The highest BCUT2D eigenvalue weighted by Gasteiger charge is 2.35. The Kier molecular flexibility index (Phi) is 7.26. The van der Waals surface area contributed by atoms with Crippen LogP contribution >= 0.6 is 0 Å². The fourth-order valence-electron chi connectivity index (χ4n) is 4.01. The quantitative estimate of drug-likeness (QED) is 0.523. The Labute approximate surface area is 194 Å². The number of carbonyl (C=O) groups is 2. The van der Waals surface area contributed by atoms with Crippen molar-refractivity contribution in [2.45, 2.75) is 59.2 Å². The van der Waals surface area contributed by atoms with Crippen LogP contribution in [0.25, 0.3) is 0 Å². The Balaban J connectivity index is 1.90. The molecule has 2 aromatic carbocycles. The fourth-order valence-corrected chi connectivity index (χ4v) is 4.01. The number of aromatic nitrogens is 4. The molecule has 1 atom stereocenters. The second-order valence-corrected chi connectivity index (χ2v) is 9.94. The van der Waals surface area contributed by atoms with E-state index in [1.807, 2.05) is 44.2 Å². The van der Waals surface area contributed by atoms with Gasteiger partial charge in [-0.1, -0.05) is 69.3 Å². The number of esters is 1. The van der Waals surface area contributed by atoms with Gasteiger partial charge in [-0.3, -0.25) is 4.79 Å². The van der Waals surface area contributed by atoms with Crippen LogP contribution < -0.4 is 5.32 Å². The van der Waals surface area contributed by atoms with E-state index in [4.69, 9.17) is 4.74 Å². The molecule has 0 fully saturated rings. The number of rotatable bonds is 8. The summed E-state index contributed by atoms with van der Waals surface area (Å²) in [6.07, 6.45) is -0.587. The van der Waals surface area contributed by atoms with Gasteiger partial charge < -0.3 is 10.1 Å². The lowest BCUT2D eigenvalue weighted by Crippen LogP contribution is -2.48.